The predicted molar refractivity (Wildman–Crippen MR) is 83.5 cm³/mol. The molecule has 1 saturated carbocycles. The molecule has 1 heterocycles. The number of rotatable bonds is 4. The van der Waals surface area contributed by atoms with Crippen molar-refractivity contribution < 1.29 is 0 Å². The van der Waals surface area contributed by atoms with E-state index in [2.05, 4.69) is 44.8 Å². The minimum atomic E-state index is 0.318. The van der Waals surface area contributed by atoms with Crippen LogP contribution in [0.2, 0.25) is 0 Å². The summed E-state index contributed by atoms with van der Waals surface area (Å²) in [5, 5.41) is 3.81. The van der Waals surface area contributed by atoms with Crippen molar-refractivity contribution in [3.63, 3.8) is 0 Å². The summed E-state index contributed by atoms with van der Waals surface area (Å²) in [6, 6.07) is 1.48. The van der Waals surface area contributed by atoms with E-state index in [-0.39, 0.29) is 0 Å². The molecule has 2 heteroatoms. The molecule has 1 N–H and O–H groups in total. The minimum absolute atomic E-state index is 0.318. The summed E-state index contributed by atoms with van der Waals surface area (Å²) in [5.74, 6) is 1.69. The Morgan fingerprint density at radius 2 is 1.84 bits per heavy atom. The SMILES string of the molecule is CCC1(C)CN(C(C)C2CCCC2)C(C(C)C)CN1. The van der Waals surface area contributed by atoms with Crippen molar-refractivity contribution in [3.05, 3.63) is 0 Å². The van der Waals surface area contributed by atoms with E-state index in [4.69, 9.17) is 0 Å². The van der Waals surface area contributed by atoms with Gasteiger partial charge in [-0.05, 0) is 44.9 Å². The van der Waals surface area contributed by atoms with Crippen LogP contribution in [0.4, 0.5) is 0 Å². The van der Waals surface area contributed by atoms with Gasteiger partial charge in [0.15, 0.2) is 0 Å². The molecule has 112 valence electrons. The number of nitrogens with one attached hydrogen (secondary N) is 1. The molecule has 2 aliphatic rings. The molecule has 1 saturated heterocycles. The highest BCUT2D eigenvalue weighted by atomic mass is 15.3. The third kappa shape index (κ3) is 3.33. The summed E-state index contributed by atoms with van der Waals surface area (Å²) < 4.78 is 0. The zero-order valence-corrected chi connectivity index (χ0v) is 13.7. The summed E-state index contributed by atoms with van der Waals surface area (Å²) >= 11 is 0. The Morgan fingerprint density at radius 3 is 2.37 bits per heavy atom. The zero-order valence-electron chi connectivity index (χ0n) is 13.7. The Labute approximate surface area is 120 Å². The van der Waals surface area contributed by atoms with E-state index in [0.717, 1.165) is 23.9 Å². The average molecular weight is 266 g/mol. The van der Waals surface area contributed by atoms with Crippen LogP contribution in [0.5, 0.6) is 0 Å². The van der Waals surface area contributed by atoms with E-state index in [1.54, 1.807) is 0 Å². The Balaban J connectivity index is 2.10. The van der Waals surface area contributed by atoms with Crippen LogP contribution >= 0.6 is 0 Å². The molecular weight excluding hydrogens is 232 g/mol. The van der Waals surface area contributed by atoms with Crippen molar-refractivity contribution in [2.24, 2.45) is 11.8 Å². The second kappa shape index (κ2) is 6.13. The molecule has 0 aromatic carbocycles. The van der Waals surface area contributed by atoms with E-state index in [1.807, 2.05) is 0 Å². The molecule has 0 radical (unpaired) electrons. The molecular formula is C17H34N2. The van der Waals surface area contributed by atoms with Gasteiger partial charge < -0.3 is 5.32 Å². The van der Waals surface area contributed by atoms with E-state index < -0.39 is 0 Å². The van der Waals surface area contributed by atoms with Gasteiger partial charge in [-0.1, -0.05) is 33.6 Å². The van der Waals surface area contributed by atoms with Gasteiger partial charge >= 0.3 is 0 Å². The molecule has 0 aromatic heterocycles. The van der Waals surface area contributed by atoms with Crippen molar-refractivity contribution in [2.45, 2.75) is 84.3 Å². The normalized spacial score (nSPS) is 36.0. The molecule has 0 aromatic rings. The Bertz CT molecular complexity index is 283. The fourth-order valence-electron chi connectivity index (χ4n) is 4.06. The van der Waals surface area contributed by atoms with Crippen LogP contribution in [-0.4, -0.2) is 35.6 Å². The highest BCUT2D eigenvalue weighted by Crippen LogP contribution is 2.34. The highest BCUT2D eigenvalue weighted by Gasteiger charge is 2.40. The highest BCUT2D eigenvalue weighted by molar-refractivity contribution is 4.98. The van der Waals surface area contributed by atoms with Crippen LogP contribution in [0.25, 0.3) is 0 Å². The second-order valence-corrected chi connectivity index (χ2v) is 7.56. The molecule has 1 aliphatic heterocycles. The number of hydrogen-bond donors (Lipinski definition) is 1. The minimum Gasteiger partial charge on any atom is -0.309 e. The topological polar surface area (TPSA) is 15.3 Å². The van der Waals surface area contributed by atoms with Crippen molar-refractivity contribution >= 4 is 0 Å². The van der Waals surface area contributed by atoms with Crippen LogP contribution in [0, 0.1) is 11.8 Å². The van der Waals surface area contributed by atoms with Crippen LogP contribution < -0.4 is 5.32 Å². The molecule has 19 heavy (non-hydrogen) atoms. The van der Waals surface area contributed by atoms with E-state index >= 15 is 0 Å². The molecule has 2 rings (SSSR count). The Kier molecular flexibility index (Phi) is 4.94. The summed E-state index contributed by atoms with van der Waals surface area (Å²) in [6.45, 7) is 14.4. The largest absolute Gasteiger partial charge is 0.309 e. The third-order valence-corrected chi connectivity index (χ3v) is 5.85. The van der Waals surface area contributed by atoms with Crippen LogP contribution in [0.3, 0.4) is 0 Å². The predicted octanol–water partition coefficient (Wildman–Crippen LogP) is 3.66. The van der Waals surface area contributed by atoms with Crippen molar-refractivity contribution in [2.75, 3.05) is 13.1 Å². The van der Waals surface area contributed by atoms with Gasteiger partial charge in [-0.3, -0.25) is 4.90 Å². The fourth-order valence-corrected chi connectivity index (χ4v) is 4.06. The van der Waals surface area contributed by atoms with Gasteiger partial charge in [0.1, 0.15) is 0 Å². The molecule has 0 spiro atoms. The standard InChI is InChI=1S/C17H34N2/c1-6-17(5)12-19(16(11-18-17)13(2)3)14(4)15-9-7-8-10-15/h13-16,18H,6-12H2,1-5H3. The van der Waals surface area contributed by atoms with Gasteiger partial charge in [-0.2, -0.15) is 0 Å². The first kappa shape index (κ1) is 15.3. The first-order valence-corrected chi connectivity index (χ1v) is 8.47. The maximum Gasteiger partial charge on any atom is 0.0278 e. The van der Waals surface area contributed by atoms with E-state index in [9.17, 15) is 0 Å². The maximum absolute atomic E-state index is 3.81. The summed E-state index contributed by atoms with van der Waals surface area (Å²) in [5.41, 5.74) is 0.318. The van der Waals surface area contributed by atoms with Crippen LogP contribution in [0.1, 0.15) is 66.7 Å². The zero-order chi connectivity index (χ0) is 14.0. The first-order valence-electron chi connectivity index (χ1n) is 8.47. The lowest BCUT2D eigenvalue weighted by molar-refractivity contribution is 0.0108. The van der Waals surface area contributed by atoms with Gasteiger partial charge in [-0.25, -0.2) is 0 Å². The monoisotopic (exact) mass is 266 g/mol. The van der Waals surface area contributed by atoms with Gasteiger partial charge in [0.25, 0.3) is 0 Å². The van der Waals surface area contributed by atoms with E-state index in [1.165, 1.54) is 45.2 Å². The quantitative estimate of drug-likeness (QED) is 0.835. The van der Waals surface area contributed by atoms with E-state index in [0.29, 0.717) is 5.54 Å². The fraction of sp³-hybridized carbons (Fsp3) is 1.00. The summed E-state index contributed by atoms with van der Waals surface area (Å²) in [7, 11) is 0. The summed E-state index contributed by atoms with van der Waals surface area (Å²) in [4.78, 5) is 2.85. The van der Waals surface area contributed by atoms with Crippen molar-refractivity contribution in [1.82, 2.24) is 10.2 Å². The third-order valence-electron chi connectivity index (χ3n) is 5.85. The second-order valence-electron chi connectivity index (χ2n) is 7.56. The van der Waals surface area contributed by atoms with Crippen LogP contribution in [0.15, 0.2) is 0 Å². The molecule has 3 unspecified atom stereocenters. The first-order chi connectivity index (χ1) is 8.97. The molecule has 2 fully saturated rings. The molecule has 2 nitrogen and oxygen atoms in total. The van der Waals surface area contributed by atoms with Gasteiger partial charge in [0, 0.05) is 30.7 Å². The lowest BCUT2D eigenvalue weighted by atomic mass is 9.86. The van der Waals surface area contributed by atoms with Gasteiger partial charge in [-0.15, -0.1) is 0 Å². The van der Waals surface area contributed by atoms with Gasteiger partial charge in [0.05, 0.1) is 0 Å². The average Bonchev–Trinajstić information content (AvgIpc) is 2.91. The van der Waals surface area contributed by atoms with Crippen molar-refractivity contribution in [3.8, 4) is 0 Å². The molecule has 1 aliphatic carbocycles. The molecule has 3 atom stereocenters. The maximum atomic E-state index is 3.81. The number of hydrogen-bond acceptors (Lipinski definition) is 2. The Hall–Kier alpha value is -0.0800. The lowest BCUT2D eigenvalue weighted by Gasteiger charge is -2.51. The van der Waals surface area contributed by atoms with Crippen LogP contribution in [-0.2, 0) is 0 Å². The van der Waals surface area contributed by atoms with Crippen molar-refractivity contribution in [1.29, 1.82) is 0 Å². The Morgan fingerprint density at radius 1 is 1.21 bits per heavy atom. The molecule has 0 bridgehead atoms. The summed E-state index contributed by atoms with van der Waals surface area (Å²) in [6.07, 6.45) is 7.06. The van der Waals surface area contributed by atoms with Gasteiger partial charge in [0.2, 0.25) is 0 Å². The smallest absolute Gasteiger partial charge is 0.0278 e. The lowest BCUT2D eigenvalue weighted by Crippen LogP contribution is -2.66. The number of nitrogens with zero attached hydrogens (tertiary/aromatic N) is 1. The number of piperazine rings is 1. The molecule has 0 amide bonds.